The van der Waals surface area contributed by atoms with E-state index in [1.54, 1.807) is 13.2 Å². The number of hydrogen-bond donors (Lipinski definition) is 1. The van der Waals surface area contributed by atoms with Gasteiger partial charge in [-0.3, -0.25) is 0 Å². The average Bonchev–Trinajstić information content (AvgIpc) is 3.23. The van der Waals surface area contributed by atoms with Crippen LogP contribution in [0.5, 0.6) is 11.7 Å². The van der Waals surface area contributed by atoms with Crippen molar-refractivity contribution in [2.45, 2.75) is 0 Å². The molecule has 7 heteroatoms. The van der Waals surface area contributed by atoms with E-state index in [1.807, 2.05) is 42.5 Å². The van der Waals surface area contributed by atoms with Gasteiger partial charge < -0.3 is 14.3 Å². The SMILES string of the molecule is COc1cccc(-c2nc(C=Nc3nc4ccccc4s3)c(O)o2)c1. The molecule has 0 fully saturated rings. The molecule has 0 atom stereocenters. The Balaban J connectivity index is 1.63. The number of benzene rings is 2. The molecule has 4 rings (SSSR count). The number of rotatable bonds is 4. The van der Waals surface area contributed by atoms with Crippen molar-refractivity contribution < 1.29 is 14.3 Å². The number of aromatic hydroxyl groups is 1. The lowest BCUT2D eigenvalue weighted by atomic mass is 10.2. The summed E-state index contributed by atoms with van der Waals surface area (Å²) in [4.78, 5) is 13.0. The molecule has 124 valence electrons. The zero-order valence-electron chi connectivity index (χ0n) is 13.2. The van der Waals surface area contributed by atoms with Crippen molar-refractivity contribution >= 4 is 32.9 Å². The molecule has 1 N–H and O–H groups in total. The smallest absolute Gasteiger partial charge is 0.312 e. The highest BCUT2D eigenvalue weighted by Crippen LogP contribution is 2.30. The number of hydrogen-bond acceptors (Lipinski definition) is 7. The number of aliphatic imine (C=N–C) groups is 1. The zero-order chi connectivity index (χ0) is 17.2. The van der Waals surface area contributed by atoms with Gasteiger partial charge in [0, 0.05) is 5.56 Å². The van der Waals surface area contributed by atoms with Crippen molar-refractivity contribution in [1.29, 1.82) is 0 Å². The van der Waals surface area contributed by atoms with Gasteiger partial charge in [0.05, 0.1) is 23.5 Å². The quantitative estimate of drug-likeness (QED) is 0.551. The number of nitrogens with zero attached hydrogens (tertiary/aromatic N) is 3. The highest BCUT2D eigenvalue weighted by atomic mass is 32.1. The number of ether oxygens (including phenoxy) is 1. The minimum atomic E-state index is -0.289. The molecule has 0 aliphatic carbocycles. The van der Waals surface area contributed by atoms with Crippen LogP contribution in [0.3, 0.4) is 0 Å². The number of thiazole rings is 1. The summed E-state index contributed by atoms with van der Waals surface area (Å²) in [5.41, 5.74) is 1.84. The topological polar surface area (TPSA) is 80.7 Å². The van der Waals surface area contributed by atoms with Gasteiger partial charge in [-0.05, 0) is 30.3 Å². The Kier molecular flexibility index (Phi) is 3.91. The van der Waals surface area contributed by atoms with E-state index < -0.39 is 0 Å². The van der Waals surface area contributed by atoms with E-state index in [2.05, 4.69) is 15.0 Å². The van der Waals surface area contributed by atoms with Crippen molar-refractivity contribution in [2.24, 2.45) is 4.99 Å². The summed E-state index contributed by atoms with van der Waals surface area (Å²) in [6.07, 6.45) is 1.44. The van der Waals surface area contributed by atoms with E-state index in [0.717, 1.165) is 10.2 Å². The third-order valence-corrected chi connectivity index (χ3v) is 4.48. The fourth-order valence-electron chi connectivity index (χ4n) is 2.32. The highest BCUT2D eigenvalue weighted by molar-refractivity contribution is 7.22. The molecular weight excluding hydrogens is 338 g/mol. The molecular formula is C18H13N3O3S. The maximum absolute atomic E-state index is 9.97. The molecule has 0 saturated heterocycles. The Hall–Kier alpha value is -3.19. The first-order chi connectivity index (χ1) is 12.2. The number of para-hydroxylation sites is 1. The van der Waals surface area contributed by atoms with Crippen LogP contribution in [0.25, 0.3) is 21.7 Å². The molecule has 0 amide bonds. The molecule has 0 saturated carbocycles. The third-order valence-electron chi connectivity index (χ3n) is 3.53. The fourth-order valence-corrected chi connectivity index (χ4v) is 3.13. The van der Waals surface area contributed by atoms with Gasteiger partial charge in [-0.2, -0.15) is 0 Å². The van der Waals surface area contributed by atoms with E-state index in [-0.39, 0.29) is 11.6 Å². The fraction of sp³-hybridized carbons (Fsp3) is 0.0556. The molecule has 6 nitrogen and oxygen atoms in total. The Bertz CT molecular complexity index is 1040. The summed E-state index contributed by atoms with van der Waals surface area (Å²) in [7, 11) is 1.59. The Morgan fingerprint density at radius 3 is 2.88 bits per heavy atom. The van der Waals surface area contributed by atoms with E-state index in [9.17, 15) is 5.11 Å². The van der Waals surface area contributed by atoms with Gasteiger partial charge in [-0.1, -0.05) is 29.5 Å². The van der Waals surface area contributed by atoms with Gasteiger partial charge in [0.15, 0.2) is 5.69 Å². The van der Waals surface area contributed by atoms with Crippen LogP contribution >= 0.6 is 11.3 Å². The zero-order valence-corrected chi connectivity index (χ0v) is 14.0. The standard InChI is InChI=1S/C18H13N3O3S/c1-23-12-6-4-5-11(9-12)16-20-14(17(22)24-16)10-19-18-21-13-7-2-3-8-15(13)25-18/h2-10,22H,1H3. The first-order valence-electron chi connectivity index (χ1n) is 7.47. The second-order valence-electron chi connectivity index (χ2n) is 5.16. The van der Waals surface area contributed by atoms with Crippen LogP contribution < -0.4 is 4.74 Å². The van der Waals surface area contributed by atoms with E-state index >= 15 is 0 Å². The maximum Gasteiger partial charge on any atom is 0.312 e. The Morgan fingerprint density at radius 1 is 1.16 bits per heavy atom. The van der Waals surface area contributed by atoms with Crippen molar-refractivity contribution in [3.05, 3.63) is 54.2 Å². The van der Waals surface area contributed by atoms with Crippen LogP contribution in [0.2, 0.25) is 0 Å². The molecule has 0 aliphatic rings. The van der Waals surface area contributed by atoms with Crippen LogP contribution in [-0.2, 0) is 0 Å². The lowest BCUT2D eigenvalue weighted by Crippen LogP contribution is -1.85. The number of methoxy groups -OCH3 is 1. The summed E-state index contributed by atoms with van der Waals surface area (Å²) in [6, 6.07) is 15.0. The molecule has 0 radical (unpaired) electrons. The van der Waals surface area contributed by atoms with Crippen LogP contribution in [-0.4, -0.2) is 28.4 Å². The number of fused-ring (bicyclic) bond motifs is 1. The van der Waals surface area contributed by atoms with Crippen LogP contribution in [0.4, 0.5) is 5.13 Å². The Labute approximate surface area is 147 Å². The molecule has 2 aromatic carbocycles. The van der Waals surface area contributed by atoms with Gasteiger partial charge >= 0.3 is 5.95 Å². The molecule has 0 unspecified atom stereocenters. The molecule has 0 spiro atoms. The lowest BCUT2D eigenvalue weighted by molar-refractivity contribution is 0.336. The largest absolute Gasteiger partial charge is 0.497 e. The Morgan fingerprint density at radius 2 is 2.04 bits per heavy atom. The van der Waals surface area contributed by atoms with Crippen molar-refractivity contribution in [2.75, 3.05) is 7.11 Å². The number of aromatic nitrogens is 2. The minimum absolute atomic E-state index is 0.247. The van der Waals surface area contributed by atoms with E-state index in [4.69, 9.17) is 9.15 Å². The monoisotopic (exact) mass is 351 g/mol. The predicted octanol–water partition coefficient (Wildman–Crippen LogP) is 4.42. The summed E-state index contributed by atoms with van der Waals surface area (Å²) >= 11 is 1.46. The van der Waals surface area contributed by atoms with Gasteiger partial charge in [0.1, 0.15) is 5.75 Å². The summed E-state index contributed by atoms with van der Waals surface area (Å²) in [5, 5.41) is 10.6. The first-order valence-corrected chi connectivity index (χ1v) is 8.28. The molecule has 2 heterocycles. The van der Waals surface area contributed by atoms with Gasteiger partial charge in [0.2, 0.25) is 11.0 Å². The van der Waals surface area contributed by atoms with Crippen molar-refractivity contribution in [1.82, 2.24) is 9.97 Å². The van der Waals surface area contributed by atoms with Crippen LogP contribution in [0.1, 0.15) is 5.69 Å². The second kappa shape index (κ2) is 6.37. The molecule has 0 bridgehead atoms. The van der Waals surface area contributed by atoms with E-state index in [0.29, 0.717) is 22.3 Å². The van der Waals surface area contributed by atoms with Crippen molar-refractivity contribution in [3.8, 4) is 23.1 Å². The number of oxazole rings is 1. The van der Waals surface area contributed by atoms with Gasteiger partial charge in [0.25, 0.3) is 0 Å². The molecule has 0 aliphatic heterocycles. The van der Waals surface area contributed by atoms with Gasteiger partial charge in [-0.25, -0.2) is 15.0 Å². The molecule has 25 heavy (non-hydrogen) atoms. The molecule has 2 aromatic heterocycles. The summed E-state index contributed by atoms with van der Waals surface area (Å²) < 4.78 is 11.6. The maximum atomic E-state index is 9.97. The second-order valence-corrected chi connectivity index (χ2v) is 6.17. The first kappa shape index (κ1) is 15.3. The molecule has 4 aromatic rings. The van der Waals surface area contributed by atoms with Gasteiger partial charge in [-0.15, -0.1) is 0 Å². The van der Waals surface area contributed by atoms with Crippen LogP contribution in [0.15, 0.2) is 57.9 Å². The predicted molar refractivity (Wildman–Crippen MR) is 97.0 cm³/mol. The van der Waals surface area contributed by atoms with Crippen molar-refractivity contribution in [3.63, 3.8) is 0 Å². The average molecular weight is 351 g/mol. The normalized spacial score (nSPS) is 11.4. The lowest BCUT2D eigenvalue weighted by Gasteiger charge is -2.00. The summed E-state index contributed by atoms with van der Waals surface area (Å²) in [5.74, 6) is 0.685. The summed E-state index contributed by atoms with van der Waals surface area (Å²) in [6.45, 7) is 0. The van der Waals surface area contributed by atoms with E-state index in [1.165, 1.54) is 17.6 Å². The third kappa shape index (κ3) is 3.09. The van der Waals surface area contributed by atoms with Crippen LogP contribution in [0, 0.1) is 0 Å². The highest BCUT2D eigenvalue weighted by Gasteiger charge is 2.13. The minimum Gasteiger partial charge on any atom is -0.497 e.